The predicted molar refractivity (Wildman–Crippen MR) is 57.4 cm³/mol. The molecular weight excluding hydrogens is 190 g/mol. The molecule has 1 aromatic carbocycles. The number of nitrogens with zero attached hydrogens (tertiary/aromatic N) is 1. The third-order valence-electron chi connectivity index (χ3n) is 2.90. The van der Waals surface area contributed by atoms with Crippen molar-refractivity contribution in [3.05, 3.63) is 52.5 Å². The Morgan fingerprint density at radius 2 is 2.07 bits per heavy atom. The summed E-state index contributed by atoms with van der Waals surface area (Å²) >= 11 is 1.80. The van der Waals surface area contributed by atoms with Gasteiger partial charge < -0.3 is 0 Å². The highest BCUT2D eigenvalue weighted by Crippen LogP contribution is 2.25. The molecule has 2 heteroatoms. The van der Waals surface area contributed by atoms with E-state index in [1.165, 1.54) is 24.1 Å². The van der Waals surface area contributed by atoms with Crippen LogP contribution in [0.3, 0.4) is 0 Å². The first kappa shape index (κ1) is 8.18. The second-order valence-electron chi connectivity index (χ2n) is 3.72. The summed E-state index contributed by atoms with van der Waals surface area (Å²) < 4.78 is 2.42. The second-order valence-corrected chi connectivity index (χ2v) is 4.44. The van der Waals surface area contributed by atoms with Gasteiger partial charge in [0.15, 0.2) is 11.7 Å². The third-order valence-corrected chi connectivity index (χ3v) is 3.66. The fraction of sp³-hybridized carbons (Fsp3) is 0.250. The fourth-order valence-electron chi connectivity index (χ4n) is 2.19. The van der Waals surface area contributed by atoms with E-state index in [2.05, 4.69) is 45.8 Å². The van der Waals surface area contributed by atoms with Crippen molar-refractivity contribution in [1.29, 1.82) is 0 Å². The molecule has 1 nitrogen and oxygen atoms in total. The van der Waals surface area contributed by atoms with Gasteiger partial charge in [-0.3, -0.25) is 0 Å². The summed E-state index contributed by atoms with van der Waals surface area (Å²) in [6.07, 6.45) is 2.48. The van der Waals surface area contributed by atoms with E-state index in [1.54, 1.807) is 11.3 Å². The van der Waals surface area contributed by atoms with E-state index in [-0.39, 0.29) is 0 Å². The van der Waals surface area contributed by atoms with Crippen LogP contribution in [0.25, 0.3) is 0 Å². The van der Waals surface area contributed by atoms with Crippen molar-refractivity contribution in [1.82, 2.24) is 0 Å². The molecule has 1 aliphatic rings. The van der Waals surface area contributed by atoms with Crippen LogP contribution in [0.5, 0.6) is 0 Å². The van der Waals surface area contributed by atoms with Crippen molar-refractivity contribution in [2.24, 2.45) is 0 Å². The van der Waals surface area contributed by atoms with Gasteiger partial charge >= 0.3 is 0 Å². The number of thiazole rings is 1. The minimum Gasteiger partial charge on any atom is -0.186 e. The number of hydrogen-bond acceptors (Lipinski definition) is 1. The molecule has 1 aliphatic heterocycles. The van der Waals surface area contributed by atoms with Gasteiger partial charge in [-0.1, -0.05) is 41.7 Å². The molecule has 1 aromatic heterocycles. The predicted octanol–water partition coefficient (Wildman–Crippen LogP) is 2.57. The molecule has 70 valence electrons. The van der Waals surface area contributed by atoms with Gasteiger partial charge in [0.2, 0.25) is 5.51 Å². The van der Waals surface area contributed by atoms with E-state index in [1.807, 2.05) is 0 Å². The van der Waals surface area contributed by atoms with Gasteiger partial charge in [-0.05, 0) is 0 Å². The van der Waals surface area contributed by atoms with Crippen molar-refractivity contribution in [3.8, 4) is 0 Å². The first-order valence-electron chi connectivity index (χ1n) is 4.96. The first-order chi connectivity index (χ1) is 6.95. The van der Waals surface area contributed by atoms with E-state index in [0.29, 0.717) is 6.04 Å². The maximum atomic E-state index is 2.42. The molecule has 2 heterocycles. The highest BCUT2D eigenvalue weighted by Gasteiger charge is 2.31. The quantitative estimate of drug-likeness (QED) is 0.626. The Morgan fingerprint density at radius 1 is 1.21 bits per heavy atom. The maximum Gasteiger partial charge on any atom is 0.225 e. The van der Waals surface area contributed by atoms with Crippen LogP contribution in [0, 0.1) is 0 Å². The molecule has 0 saturated carbocycles. The largest absolute Gasteiger partial charge is 0.225 e. The molecule has 0 spiro atoms. The van der Waals surface area contributed by atoms with Crippen LogP contribution >= 0.6 is 11.3 Å². The SMILES string of the molecule is c1ccc([C@H]2CCc3csc[n+]32)cc1. The van der Waals surface area contributed by atoms with Gasteiger partial charge in [-0.15, -0.1) is 0 Å². The average Bonchev–Trinajstić information content (AvgIpc) is 2.79. The van der Waals surface area contributed by atoms with Crippen LogP contribution in [0.15, 0.2) is 41.2 Å². The smallest absolute Gasteiger partial charge is 0.186 e. The fourth-order valence-corrected chi connectivity index (χ4v) is 3.06. The van der Waals surface area contributed by atoms with E-state index in [0.717, 1.165) is 0 Å². The lowest BCUT2D eigenvalue weighted by Crippen LogP contribution is -2.35. The zero-order valence-corrected chi connectivity index (χ0v) is 8.70. The monoisotopic (exact) mass is 202 g/mol. The van der Waals surface area contributed by atoms with Gasteiger partial charge in [0.05, 0.1) is 5.38 Å². The number of hydrogen-bond donors (Lipinski definition) is 0. The number of rotatable bonds is 1. The van der Waals surface area contributed by atoms with Crippen LogP contribution < -0.4 is 4.57 Å². The summed E-state index contributed by atoms with van der Waals surface area (Å²) in [7, 11) is 0. The van der Waals surface area contributed by atoms with E-state index < -0.39 is 0 Å². The third kappa shape index (κ3) is 1.18. The van der Waals surface area contributed by atoms with Crippen molar-refractivity contribution in [2.75, 3.05) is 0 Å². The Morgan fingerprint density at radius 3 is 2.93 bits per heavy atom. The summed E-state index contributed by atoms with van der Waals surface area (Å²) in [6, 6.07) is 11.4. The number of benzene rings is 1. The van der Waals surface area contributed by atoms with Crippen molar-refractivity contribution >= 4 is 11.3 Å². The Hall–Kier alpha value is -1.15. The van der Waals surface area contributed by atoms with Gasteiger partial charge in [0.1, 0.15) is 0 Å². The summed E-state index contributed by atoms with van der Waals surface area (Å²) in [5, 5.41) is 2.27. The Bertz CT molecular complexity index is 433. The molecule has 0 radical (unpaired) electrons. The minimum absolute atomic E-state index is 0.581. The minimum atomic E-state index is 0.581. The number of fused-ring (bicyclic) bond motifs is 1. The van der Waals surface area contributed by atoms with Crippen molar-refractivity contribution < 1.29 is 4.57 Å². The molecule has 0 unspecified atom stereocenters. The number of aromatic nitrogens is 1. The van der Waals surface area contributed by atoms with Crippen LogP contribution in [-0.4, -0.2) is 0 Å². The molecular formula is C12H12NS+. The molecule has 0 fully saturated rings. The standard InChI is InChI=1S/C12H12NS/c1-2-4-10(5-3-1)12-7-6-11-8-14-9-13(11)12/h1-5,8-9,12H,6-7H2/q+1/t12-/m1/s1. The molecule has 3 rings (SSSR count). The average molecular weight is 202 g/mol. The highest BCUT2D eigenvalue weighted by atomic mass is 32.1. The lowest BCUT2D eigenvalue weighted by molar-refractivity contribution is -0.702. The van der Waals surface area contributed by atoms with Gasteiger partial charge in [-0.25, -0.2) is 0 Å². The second kappa shape index (κ2) is 3.21. The number of aryl methyl sites for hydroxylation is 1. The molecule has 0 bridgehead atoms. The van der Waals surface area contributed by atoms with E-state index in [9.17, 15) is 0 Å². The summed E-state index contributed by atoms with van der Waals surface area (Å²) in [5.41, 5.74) is 5.17. The summed E-state index contributed by atoms with van der Waals surface area (Å²) in [4.78, 5) is 0. The molecule has 0 N–H and O–H groups in total. The zero-order chi connectivity index (χ0) is 9.38. The first-order valence-corrected chi connectivity index (χ1v) is 5.90. The summed E-state index contributed by atoms with van der Waals surface area (Å²) in [6.45, 7) is 0. The van der Waals surface area contributed by atoms with Crippen molar-refractivity contribution in [3.63, 3.8) is 0 Å². The van der Waals surface area contributed by atoms with Crippen molar-refractivity contribution in [2.45, 2.75) is 18.9 Å². The molecule has 14 heavy (non-hydrogen) atoms. The van der Waals surface area contributed by atoms with Crippen LogP contribution in [0.2, 0.25) is 0 Å². The molecule has 0 saturated heterocycles. The van der Waals surface area contributed by atoms with Crippen LogP contribution in [0.1, 0.15) is 23.7 Å². The van der Waals surface area contributed by atoms with Gasteiger partial charge in [0, 0.05) is 18.4 Å². The molecule has 1 atom stereocenters. The lowest BCUT2D eigenvalue weighted by Gasteiger charge is -2.03. The lowest BCUT2D eigenvalue weighted by atomic mass is 10.1. The van der Waals surface area contributed by atoms with Crippen LogP contribution in [-0.2, 0) is 6.42 Å². The normalized spacial score (nSPS) is 19.6. The van der Waals surface area contributed by atoms with E-state index >= 15 is 0 Å². The molecule has 0 aliphatic carbocycles. The molecule has 0 amide bonds. The highest BCUT2D eigenvalue weighted by molar-refractivity contribution is 7.07. The van der Waals surface area contributed by atoms with Crippen LogP contribution in [0.4, 0.5) is 0 Å². The summed E-state index contributed by atoms with van der Waals surface area (Å²) in [5.74, 6) is 0. The van der Waals surface area contributed by atoms with E-state index in [4.69, 9.17) is 0 Å². The van der Waals surface area contributed by atoms with Gasteiger partial charge in [-0.2, -0.15) is 4.57 Å². The topological polar surface area (TPSA) is 3.88 Å². The maximum absolute atomic E-state index is 2.42. The Balaban J connectivity index is 2.03. The Labute approximate surface area is 87.6 Å². The Kier molecular flexibility index (Phi) is 1.88. The van der Waals surface area contributed by atoms with Gasteiger partial charge in [0.25, 0.3) is 0 Å². The zero-order valence-electron chi connectivity index (χ0n) is 7.89. The molecule has 2 aromatic rings.